The highest BCUT2D eigenvalue weighted by Crippen LogP contribution is 2.43. The van der Waals surface area contributed by atoms with Gasteiger partial charge in [0.1, 0.15) is 18.3 Å². The summed E-state index contributed by atoms with van der Waals surface area (Å²) >= 11 is 0. The number of benzene rings is 1. The van der Waals surface area contributed by atoms with Gasteiger partial charge in [0, 0.05) is 0 Å². The van der Waals surface area contributed by atoms with Gasteiger partial charge in [-0.2, -0.15) is 5.10 Å². The number of rotatable bonds is 4. The van der Waals surface area contributed by atoms with Crippen LogP contribution in [-0.2, 0) is 12.1 Å². The van der Waals surface area contributed by atoms with Gasteiger partial charge >= 0.3 is 0 Å². The summed E-state index contributed by atoms with van der Waals surface area (Å²) in [7, 11) is 0. The number of nitrogens with zero attached hydrogens (tertiary/aromatic N) is 3. The van der Waals surface area contributed by atoms with Crippen molar-refractivity contribution in [3.05, 3.63) is 48.5 Å². The molecule has 4 heteroatoms. The second-order valence-electron chi connectivity index (χ2n) is 5.01. The third-order valence-corrected chi connectivity index (χ3v) is 3.92. The molecule has 18 heavy (non-hydrogen) atoms. The smallest absolute Gasteiger partial charge is 0.137 e. The molecule has 94 valence electrons. The molecule has 1 aliphatic rings. The van der Waals surface area contributed by atoms with Crippen molar-refractivity contribution < 1.29 is 5.11 Å². The van der Waals surface area contributed by atoms with Gasteiger partial charge in [-0.3, -0.25) is 0 Å². The van der Waals surface area contributed by atoms with E-state index in [1.165, 1.54) is 12.7 Å². The summed E-state index contributed by atoms with van der Waals surface area (Å²) in [5, 5.41) is 15.2. The number of hydrogen-bond donors (Lipinski definition) is 1. The second kappa shape index (κ2) is 4.53. The van der Waals surface area contributed by atoms with E-state index < -0.39 is 5.60 Å². The topological polar surface area (TPSA) is 50.9 Å². The van der Waals surface area contributed by atoms with E-state index in [2.05, 4.69) is 10.1 Å². The maximum atomic E-state index is 11.1. The minimum absolute atomic E-state index is 0.323. The van der Waals surface area contributed by atoms with E-state index in [0.717, 1.165) is 18.4 Å². The van der Waals surface area contributed by atoms with Crippen molar-refractivity contribution in [2.45, 2.75) is 31.4 Å². The largest absolute Gasteiger partial charge is 0.383 e. The first-order chi connectivity index (χ1) is 8.79. The average Bonchev–Trinajstić information content (AvgIpc) is 2.80. The summed E-state index contributed by atoms with van der Waals surface area (Å²) in [4.78, 5) is 3.94. The fourth-order valence-electron chi connectivity index (χ4n) is 2.63. The van der Waals surface area contributed by atoms with Crippen LogP contribution in [0.5, 0.6) is 0 Å². The van der Waals surface area contributed by atoms with Crippen molar-refractivity contribution in [1.29, 1.82) is 0 Å². The Hall–Kier alpha value is -1.68. The molecule has 0 radical (unpaired) electrons. The van der Waals surface area contributed by atoms with E-state index in [1.807, 2.05) is 30.3 Å². The van der Waals surface area contributed by atoms with Crippen LogP contribution >= 0.6 is 0 Å². The highest BCUT2D eigenvalue weighted by molar-refractivity contribution is 5.24. The Labute approximate surface area is 106 Å². The molecule has 1 atom stereocenters. The molecule has 1 unspecified atom stereocenters. The molecule has 1 heterocycles. The predicted molar refractivity (Wildman–Crippen MR) is 67.7 cm³/mol. The lowest BCUT2D eigenvalue weighted by molar-refractivity contribution is -0.0721. The first kappa shape index (κ1) is 11.4. The van der Waals surface area contributed by atoms with Crippen LogP contribution in [0, 0.1) is 5.92 Å². The molecular weight excluding hydrogens is 226 g/mol. The average molecular weight is 243 g/mol. The molecule has 0 amide bonds. The van der Waals surface area contributed by atoms with E-state index in [0.29, 0.717) is 12.5 Å². The van der Waals surface area contributed by atoms with Crippen LogP contribution in [-0.4, -0.2) is 19.9 Å². The molecule has 4 nitrogen and oxygen atoms in total. The summed E-state index contributed by atoms with van der Waals surface area (Å²) in [5.74, 6) is 0.323. The molecule has 3 rings (SSSR count). The standard InChI is InChI=1S/C14H17N3O/c18-14(13-7-4-8-13,9-17-11-15-10-16-17)12-5-2-1-3-6-12/h1-3,5-6,10-11,13,18H,4,7-9H2. The number of aliphatic hydroxyl groups is 1. The molecule has 0 saturated heterocycles. The molecular formula is C14H17N3O. The van der Waals surface area contributed by atoms with E-state index in [-0.39, 0.29) is 0 Å². The molecule has 1 N–H and O–H groups in total. The van der Waals surface area contributed by atoms with Crippen LogP contribution in [0.2, 0.25) is 0 Å². The van der Waals surface area contributed by atoms with E-state index in [9.17, 15) is 5.11 Å². The Bertz CT molecular complexity index is 493. The normalized spacial score (nSPS) is 19.2. The Balaban J connectivity index is 1.93. The molecule has 2 aromatic rings. The Kier molecular flexibility index (Phi) is 2.88. The zero-order chi connectivity index (χ0) is 12.4. The molecule has 1 saturated carbocycles. The van der Waals surface area contributed by atoms with E-state index in [4.69, 9.17) is 0 Å². The lowest BCUT2D eigenvalue weighted by atomic mass is 9.69. The van der Waals surface area contributed by atoms with Crippen molar-refractivity contribution in [2.75, 3.05) is 0 Å². The van der Waals surface area contributed by atoms with Crippen LogP contribution < -0.4 is 0 Å². The fraction of sp³-hybridized carbons (Fsp3) is 0.429. The van der Waals surface area contributed by atoms with Gasteiger partial charge in [0.2, 0.25) is 0 Å². The molecule has 0 bridgehead atoms. The summed E-state index contributed by atoms with van der Waals surface area (Å²) in [6, 6.07) is 9.91. The highest BCUT2D eigenvalue weighted by atomic mass is 16.3. The van der Waals surface area contributed by atoms with E-state index in [1.54, 1.807) is 11.0 Å². The lowest BCUT2D eigenvalue weighted by Gasteiger charge is -2.41. The zero-order valence-corrected chi connectivity index (χ0v) is 10.2. The number of hydrogen-bond acceptors (Lipinski definition) is 3. The van der Waals surface area contributed by atoms with Gasteiger partial charge < -0.3 is 5.11 Å². The molecule has 1 fully saturated rings. The SMILES string of the molecule is OC(Cn1cncn1)(c1ccccc1)C1CCC1. The van der Waals surface area contributed by atoms with E-state index >= 15 is 0 Å². The monoisotopic (exact) mass is 243 g/mol. The summed E-state index contributed by atoms with van der Waals surface area (Å²) < 4.78 is 1.71. The highest BCUT2D eigenvalue weighted by Gasteiger charge is 2.42. The predicted octanol–water partition coefficient (Wildman–Crippen LogP) is 1.97. The Morgan fingerprint density at radius 1 is 1.28 bits per heavy atom. The Morgan fingerprint density at radius 3 is 2.61 bits per heavy atom. The first-order valence-corrected chi connectivity index (χ1v) is 6.39. The van der Waals surface area contributed by atoms with Crippen LogP contribution in [0.1, 0.15) is 24.8 Å². The molecule has 0 spiro atoms. The third-order valence-electron chi connectivity index (χ3n) is 3.92. The maximum absolute atomic E-state index is 11.1. The Morgan fingerprint density at radius 2 is 2.06 bits per heavy atom. The van der Waals surface area contributed by atoms with Crippen molar-refractivity contribution in [3.8, 4) is 0 Å². The zero-order valence-electron chi connectivity index (χ0n) is 10.2. The summed E-state index contributed by atoms with van der Waals surface area (Å²) in [5.41, 5.74) is 0.151. The van der Waals surface area contributed by atoms with Gasteiger partial charge in [-0.15, -0.1) is 0 Å². The van der Waals surface area contributed by atoms with Crippen molar-refractivity contribution in [1.82, 2.24) is 14.8 Å². The van der Waals surface area contributed by atoms with Crippen molar-refractivity contribution in [3.63, 3.8) is 0 Å². The van der Waals surface area contributed by atoms with Crippen LogP contribution in [0.3, 0.4) is 0 Å². The van der Waals surface area contributed by atoms with Gasteiger partial charge in [0.05, 0.1) is 6.54 Å². The van der Waals surface area contributed by atoms with Gasteiger partial charge in [-0.25, -0.2) is 9.67 Å². The minimum Gasteiger partial charge on any atom is -0.383 e. The number of aromatic nitrogens is 3. The van der Waals surface area contributed by atoms with Gasteiger partial charge in [-0.05, 0) is 24.3 Å². The van der Waals surface area contributed by atoms with Crippen LogP contribution in [0.25, 0.3) is 0 Å². The van der Waals surface area contributed by atoms with Gasteiger partial charge in [-0.1, -0.05) is 36.8 Å². The van der Waals surface area contributed by atoms with Gasteiger partial charge in [0.25, 0.3) is 0 Å². The summed E-state index contributed by atoms with van der Waals surface area (Å²) in [6.07, 6.45) is 6.54. The second-order valence-corrected chi connectivity index (χ2v) is 5.01. The van der Waals surface area contributed by atoms with Gasteiger partial charge in [0.15, 0.2) is 0 Å². The molecule has 1 aromatic carbocycles. The maximum Gasteiger partial charge on any atom is 0.137 e. The lowest BCUT2D eigenvalue weighted by Crippen LogP contribution is -2.42. The quantitative estimate of drug-likeness (QED) is 0.893. The molecule has 0 aliphatic heterocycles. The summed E-state index contributed by atoms with van der Waals surface area (Å²) in [6.45, 7) is 0.474. The third kappa shape index (κ3) is 1.93. The fourth-order valence-corrected chi connectivity index (χ4v) is 2.63. The molecule has 1 aliphatic carbocycles. The van der Waals surface area contributed by atoms with Crippen LogP contribution in [0.15, 0.2) is 43.0 Å². The molecule has 1 aromatic heterocycles. The van der Waals surface area contributed by atoms with Crippen molar-refractivity contribution in [2.24, 2.45) is 5.92 Å². The minimum atomic E-state index is -0.826. The van der Waals surface area contributed by atoms with Crippen molar-refractivity contribution >= 4 is 0 Å². The van der Waals surface area contributed by atoms with Crippen LogP contribution in [0.4, 0.5) is 0 Å². The first-order valence-electron chi connectivity index (χ1n) is 6.39.